The van der Waals surface area contributed by atoms with Crippen LogP contribution in [0.2, 0.25) is 0 Å². The van der Waals surface area contributed by atoms with E-state index in [1.54, 1.807) is 6.07 Å². The third kappa shape index (κ3) is 4.53. The summed E-state index contributed by atoms with van der Waals surface area (Å²) in [6.07, 6.45) is 1.25. The van der Waals surface area contributed by atoms with Gasteiger partial charge in [-0.3, -0.25) is 4.99 Å². The van der Waals surface area contributed by atoms with E-state index in [1.807, 2.05) is 18.2 Å². The molecule has 2 N–H and O–H groups in total. The Hall–Kier alpha value is -2.80. The van der Waals surface area contributed by atoms with Crippen LogP contribution in [0.25, 0.3) is 10.9 Å². The van der Waals surface area contributed by atoms with Gasteiger partial charge >= 0.3 is 5.97 Å². The average Bonchev–Trinajstić information content (AvgIpc) is 3.36. The molecule has 0 spiro atoms. The number of aromatic nitrogens is 1. The van der Waals surface area contributed by atoms with E-state index in [0.29, 0.717) is 22.0 Å². The molecule has 0 saturated heterocycles. The van der Waals surface area contributed by atoms with Gasteiger partial charge in [0.15, 0.2) is 5.54 Å². The fraction of sp³-hybridized carbons (Fsp3) is 0.360. The first-order chi connectivity index (χ1) is 15.2. The Kier molecular flexibility index (Phi) is 6.03. The summed E-state index contributed by atoms with van der Waals surface area (Å²) in [5.41, 5.74) is 1.46. The maximum atomic E-state index is 13.5. The van der Waals surface area contributed by atoms with Gasteiger partial charge in [0.25, 0.3) is 0 Å². The molecule has 1 unspecified atom stereocenters. The van der Waals surface area contributed by atoms with Crippen LogP contribution in [-0.4, -0.2) is 39.0 Å². The first kappa shape index (κ1) is 22.4. The Balaban J connectivity index is 1.46. The van der Waals surface area contributed by atoms with E-state index in [2.05, 4.69) is 42.9 Å². The third-order valence-corrected chi connectivity index (χ3v) is 7.38. The van der Waals surface area contributed by atoms with Crippen molar-refractivity contribution in [2.75, 3.05) is 12.4 Å². The lowest BCUT2D eigenvalue weighted by molar-refractivity contribution is -0.142. The summed E-state index contributed by atoms with van der Waals surface area (Å²) in [5, 5.41) is 11.4. The molecule has 32 heavy (non-hydrogen) atoms. The number of aliphatic carboxylic acids is 1. The summed E-state index contributed by atoms with van der Waals surface area (Å²) < 4.78 is 19.4. The molecule has 0 saturated carbocycles. The van der Waals surface area contributed by atoms with Gasteiger partial charge in [-0.05, 0) is 59.2 Å². The number of nitrogens with one attached hydrogen (secondary N) is 1. The van der Waals surface area contributed by atoms with Gasteiger partial charge in [-0.2, -0.15) is 0 Å². The highest BCUT2D eigenvalue weighted by Crippen LogP contribution is 2.33. The lowest BCUT2D eigenvalue weighted by Crippen LogP contribution is -2.39. The number of nitrogens with zero attached hydrogens (tertiary/aromatic N) is 1. The SMILES string of the molecule is CCC(C)(C)c1ccc(OCC2=NC(Cc3cc4ccc(F)cc4[nH]3)(C(=O)O)CS2)cc1. The van der Waals surface area contributed by atoms with Crippen LogP contribution in [0.1, 0.15) is 38.4 Å². The smallest absolute Gasteiger partial charge is 0.332 e. The number of carbonyl (C=O) groups is 1. The van der Waals surface area contributed by atoms with Crippen molar-refractivity contribution in [1.82, 2.24) is 4.98 Å². The van der Waals surface area contributed by atoms with Crippen molar-refractivity contribution in [1.29, 1.82) is 0 Å². The summed E-state index contributed by atoms with van der Waals surface area (Å²) in [7, 11) is 0. The van der Waals surface area contributed by atoms with E-state index in [1.165, 1.54) is 29.5 Å². The van der Waals surface area contributed by atoms with Crippen LogP contribution < -0.4 is 4.74 Å². The van der Waals surface area contributed by atoms with Gasteiger partial charge in [-0.1, -0.05) is 32.9 Å². The van der Waals surface area contributed by atoms with Crippen molar-refractivity contribution in [3.8, 4) is 5.75 Å². The molecule has 2 aromatic carbocycles. The summed E-state index contributed by atoms with van der Waals surface area (Å²) in [5.74, 6) is -0.251. The first-order valence-electron chi connectivity index (χ1n) is 10.7. The molecule has 0 aliphatic carbocycles. The molecule has 0 bridgehead atoms. The molecular formula is C25H27FN2O3S. The van der Waals surface area contributed by atoms with E-state index in [0.717, 1.165) is 17.6 Å². The molecule has 5 nitrogen and oxygen atoms in total. The monoisotopic (exact) mass is 454 g/mol. The highest BCUT2D eigenvalue weighted by atomic mass is 32.2. The number of ether oxygens (including phenoxy) is 1. The molecule has 0 amide bonds. The number of aliphatic imine (C=N–C) groups is 1. The summed E-state index contributed by atoms with van der Waals surface area (Å²) in [6.45, 7) is 6.82. The Morgan fingerprint density at radius 1 is 1.25 bits per heavy atom. The molecule has 2 heterocycles. The second-order valence-corrected chi connectivity index (χ2v) is 9.93. The zero-order valence-electron chi connectivity index (χ0n) is 18.4. The minimum absolute atomic E-state index is 0.111. The molecule has 1 aromatic heterocycles. The van der Waals surface area contributed by atoms with Gasteiger partial charge in [0.1, 0.15) is 23.2 Å². The second kappa shape index (κ2) is 8.62. The largest absolute Gasteiger partial charge is 0.487 e. The van der Waals surface area contributed by atoms with Gasteiger partial charge in [0, 0.05) is 23.4 Å². The topological polar surface area (TPSA) is 74.7 Å². The molecule has 1 aliphatic heterocycles. The Morgan fingerprint density at radius 2 is 2.00 bits per heavy atom. The Bertz CT molecular complexity index is 1170. The van der Waals surface area contributed by atoms with Crippen LogP contribution in [0.4, 0.5) is 4.39 Å². The van der Waals surface area contributed by atoms with Crippen molar-refractivity contribution < 1.29 is 19.0 Å². The van der Waals surface area contributed by atoms with Crippen molar-refractivity contribution in [2.45, 2.75) is 44.6 Å². The number of fused-ring (bicyclic) bond motifs is 1. The van der Waals surface area contributed by atoms with Crippen LogP contribution >= 0.6 is 11.8 Å². The van der Waals surface area contributed by atoms with Crippen molar-refractivity contribution in [3.05, 3.63) is 65.6 Å². The zero-order chi connectivity index (χ0) is 22.9. The lowest BCUT2D eigenvalue weighted by Gasteiger charge is -2.23. The molecule has 3 aromatic rings. The summed E-state index contributed by atoms with van der Waals surface area (Å²) >= 11 is 1.41. The second-order valence-electron chi connectivity index (χ2n) is 8.88. The maximum absolute atomic E-state index is 13.5. The van der Waals surface area contributed by atoms with E-state index in [-0.39, 0.29) is 24.3 Å². The molecule has 168 valence electrons. The average molecular weight is 455 g/mol. The quantitative estimate of drug-likeness (QED) is 0.466. The molecule has 7 heteroatoms. The maximum Gasteiger partial charge on any atom is 0.332 e. The number of hydrogen-bond donors (Lipinski definition) is 2. The number of H-pyrrole nitrogens is 1. The van der Waals surface area contributed by atoms with Crippen molar-refractivity contribution in [3.63, 3.8) is 0 Å². The van der Waals surface area contributed by atoms with E-state index < -0.39 is 11.5 Å². The van der Waals surface area contributed by atoms with Crippen LogP contribution in [0, 0.1) is 5.82 Å². The minimum atomic E-state index is -1.27. The summed E-state index contributed by atoms with van der Waals surface area (Å²) in [4.78, 5) is 19.8. The zero-order valence-corrected chi connectivity index (χ0v) is 19.3. The predicted octanol–water partition coefficient (Wildman–Crippen LogP) is 5.58. The number of aromatic amines is 1. The van der Waals surface area contributed by atoms with Crippen LogP contribution in [0.15, 0.2) is 53.5 Å². The van der Waals surface area contributed by atoms with E-state index in [9.17, 15) is 14.3 Å². The number of hydrogen-bond acceptors (Lipinski definition) is 4. The molecule has 1 aliphatic rings. The van der Waals surface area contributed by atoms with Crippen LogP contribution in [0.5, 0.6) is 5.75 Å². The standard InChI is InChI=1S/C25H27FN2O3S/c1-4-24(2,3)17-6-9-20(10-7-17)31-14-22-28-25(15-32-22,23(29)30)13-19-11-16-5-8-18(26)12-21(16)27-19/h5-12,27H,4,13-15H2,1-3H3,(H,29,30). The fourth-order valence-electron chi connectivity index (χ4n) is 3.78. The first-order valence-corrected chi connectivity index (χ1v) is 11.6. The van der Waals surface area contributed by atoms with Gasteiger partial charge in [-0.15, -0.1) is 11.8 Å². The third-order valence-electron chi connectivity index (χ3n) is 6.22. The van der Waals surface area contributed by atoms with Crippen LogP contribution in [-0.2, 0) is 16.6 Å². The van der Waals surface area contributed by atoms with Gasteiger partial charge in [-0.25, -0.2) is 9.18 Å². The number of carboxylic acids is 1. The van der Waals surface area contributed by atoms with Crippen LogP contribution in [0.3, 0.4) is 0 Å². The lowest BCUT2D eigenvalue weighted by atomic mass is 9.82. The number of benzene rings is 2. The molecule has 4 rings (SSSR count). The van der Waals surface area contributed by atoms with E-state index >= 15 is 0 Å². The minimum Gasteiger partial charge on any atom is -0.487 e. The van der Waals surface area contributed by atoms with Crippen molar-refractivity contribution >= 4 is 33.7 Å². The molecule has 0 radical (unpaired) electrons. The molecule has 0 fully saturated rings. The van der Waals surface area contributed by atoms with Crippen molar-refractivity contribution in [2.24, 2.45) is 4.99 Å². The van der Waals surface area contributed by atoms with Gasteiger partial charge < -0.3 is 14.8 Å². The predicted molar refractivity (Wildman–Crippen MR) is 127 cm³/mol. The number of halogens is 1. The highest BCUT2D eigenvalue weighted by molar-refractivity contribution is 8.14. The van der Waals surface area contributed by atoms with E-state index in [4.69, 9.17) is 4.74 Å². The Labute approximate surface area is 191 Å². The number of rotatable bonds is 8. The highest BCUT2D eigenvalue weighted by Gasteiger charge is 2.43. The van der Waals surface area contributed by atoms with Gasteiger partial charge in [0.05, 0.1) is 0 Å². The summed E-state index contributed by atoms with van der Waals surface area (Å²) in [6, 6.07) is 14.4. The molecular weight excluding hydrogens is 427 g/mol. The molecule has 1 atom stereocenters. The normalized spacial score (nSPS) is 18.7. The number of thioether (sulfide) groups is 1. The fourth-order valence-corrected chi connectivity index (χ4v) is 4.85. The van der Waals surface area contributed by atoms with Gasteiger partial charge in [0.2, 0.25) is 0 Å². The number of carboxylic acid groups (broad SMARTS) is 1. The Morgan fingerprint density at radius 3 is 2.69 bits per heavy atom.